The van der Waals surface area contributed by atoms with Crippen molar-refractivity contribution < 1.29 is 0 Å². The molecule has 0 spiro atoms. The lowest BCUT2D eigenvalue weighted by Gasteiger charge is -2.15. The van der Waals surface area contributed by atoms with Gasteiger partial charge >= 0.3 is 0 Å². The number of hydrogen-bond donors (Lipinski definition) is 1. The molecular weight excluding hydrogens is 162 g/mol. The van der Waals surface area contributed by atoms with Gasteiger partial charge in [-0.3, -0.25) is 4.98 Å². The summed E-state index contributed by atoms with van der Waals surface area (Å²) >= 11 is 0. The normalized spacial score (nSPS) is 12.5. The van der Waals surface area contributed by atoms with E-state index in [1.54, 1.807) is 12.3 Å². The molecule has 1 atom stereocenters. The first-order valence-corrected chi connectivity index (χ1v) is 4.25. The molecule has 0 saturated carbocycles. The molecule has 0 bridgehead atoms. The molecule has 1 aromatic rings. The molecule has 0 radical (unpaired) electrons. The second-order valence-corrected chi connectivity index (χ2v) is 3.39. The maximum Gasteiger partial charge on any atom is 0.101 e. The van der Waals surface area contributed by atoms with Crippen LogP contribution in [0.2, 0.25) is 0 Å². The van der Waals surface area contributed by atoms with Crippen LogP contribution in [-0.4, -0.2) is 4.98 Å². The van der Waals surface area contributed by atoms with Crippen LogP contribution in [-0.2, 0) is 0 Å². The standard InChI is InChI=1S/C10H13N3/c1-7(2)10(12)9-3-8(4-11)5-13-6-9/h3,5-7,10H,12H2,1-2H3. The predicted octanol–water partition coefficient (Wildman–Crippen LogP) is 1.61. The van der Waals surface area contributed by atoms with E-state index in [1.807, 2.05) is 19.9 Å². The Hall–Kier alpha value is -1.40. The molecule has 0 aliphatic rings. The summed E-state index contributed by atoms with van der Waals surface area (Å²) in [5.74, 6) is 0.357. The second-order valence-electron chi connectivity index (χ2n) is 3.39. The van der Waals surface area contributed by atoms with E-state index in [0.717, 1.165) is 5.56 Å². The van der Waals surface area contributed by atoms with Gasteiger partial charge in [0.2, 0.25) is 0 Å². The zero-order valence-corrected chi connectivity index (χ0v) is 7.86. The third kappa shape index (κ3) is 2.27. The molecule has 2 N–H and O–H groups in total. The molecular formula is C10H13N3. The Morgan fingerprint density at radius 1 is 1.46 bits per heavy atom. The number of aromatic nitrogens is 1. The van der Waals surface area contributed by atoms with Crippen LogP contribution >= 0.6 is 0 Å². The van der Waals surface area contributed by atoms with Gasteiger partial charge in [-0.25, -0.2) is 0 Å². The zero-order valence-electron chi connectivity index (χ0n) is 7.86. The summed E-state index contributed by atoms with van der Waals surface area (Å²) in [4.78, 5) is 3.96. The number of nitrogens with zero attached hydrogens (tertiary/aromatic N) is 2. The lowest BCUT2D eigenvalue weighted by molar-refractivity contribution is 0.513. The largest absolute Gasteiger partial charge is 0.324 e. The second kappa shape index (κ2) is 4.01. The van der Waals surface area contributed by atoms with Crippen molar-refractivity contribution in [2.45, 2.75) is 19.9 Å². The van der Waals surface area contributed by atoms with Gasteiger partial charge < -0.3 is 5.73 Å². The van der Waals surface area contributed by atoms with E-state index in [-0.39, 0.29) is 6.04 Å². The molecule has 0 aromatic carbocycles. The summed E-state index contributed by atoms with van der Waals surface area (Å²) in [6.45, 7) is 4.09. The minimum absolute atomic E-state index is 0.0409. The molecule has 13 heavy (non-hydrogen) atoms. The van der Waals surface area contributed by atoms with Crippen molar-refractivity contribution in [3.63, 3.8) is 0 Å². The first kappa shape index (κ1) is 9.69. The van der Waals surface area contributed by atoms with Crippen LogP contribution in [0.4, 0.5) is 0 Å². The Balaban J connectivity index is 2.96. The summed E-state index contributed by atoms with van der Waals surface area (Å²) < 4.78 is 0. The molecule has 0 aliphatic carbocycles. The number of rotatable bonds is 2. The van der Waals surface area contributed by atoms with Crippen molar-refractivity contribution in [3.8, 4) is 6.07 Å². The van der Waals surface area contributed by atoms with Crippen LogP contribution in [0.15, 0.2) is 18.5 Å². The number of hydrogen-bond acceptors (Lipinski definition) is 3. The van der Waals surface area contributed by atoms with Gasteiger partial charge in [-0.05, 0) is 17.5 Å². The highest BCUT2D eigenvalue weighted by Gasteiger charge is 2.10. The van der Waals surface area contributed by atoms with Crippen LogP contribution in [0.1, 0.15) is 31.0 Å². The van der Waals surface area contributed by atoms with Crippen molar-refractivity contribution in [2.24, 2.45) is 11.7 Å². The number of pyridine rings is 1. The van der Waals surface area contributed by atoms with Crippen LogP contribution in [0, 0.1) is 17.2 Å². The Kier molecular flexibility index (Phi) is 2.99. The van der Waals surface area contributed by atoms with Gasteiger partial charge in [0.25, 0.3) is 0 Å². The summed E-state index contributed by atoms with van der Waals surface area (Å²) in [6.07, 6.45) is 3.25. The van der Waals surface area contributed by atoms with E-state index in [4.69, 9.17) is 11.0 Å². The third-order valence-electron chi connectivity index (χ3n) is 1.99. The fraction of sp³-hybridized carbons (Fsp3) is 0.400. The van der Waals surface area contributed by atoms with Crippen LogP contribution in [0.25, 0.3) is 0 Å². The number of nitrogens with two attached hydrogens (primary N) is 1. The fourth-order valence-corrected chi connectivity index (χ4v) is 1.09. The zero-order chi connectivity index (χ0) is 9.84. The van der Waals surface area contributed by atoms with Gasteiger partial charge in [0, 0.05) is 18.4 Å². The van der Waals surface area contributed by atoms with E-state index in [0.29, 0.717) is 11.5 Å². The van der Waals surface area contributed by atoms with Crippen molar-refractivity contribution in [1.82, 2.24) is 4.98 Å². The van der Waals surface area contributed by atoms with Crippen molar-refractivity contribution >= 4 is 0 Å². The van der Waals surface area contributed by atoms with Crippen molar-refractivity contribution in [2.75, 3.05) is 0 Å². The smallest absolute Gasteiger partial charge is 0.101 e. The van der Waals surface area contributed by atoms with E-state index in [9.17, 15) is 0 Å². The molecule has 3 nitrogen and oxygen atoms in total. The quantitative estimate of drug-likeness (QED) is 0.742. The van der Waals surface area contributed by atoms with E-state index in [2.05, 4.69) is 4.98 Å². The van der Waals surface area contributed by atoms with Crippen molar-refractivity contribution in [1.29, 1.82) is 5.26 Å². The summed E-state index contributed by atoms with van der Waals surface area (Å²) in [5, 5.41) is 8.65. The maximum absolute atomic E-state index is 8.65. The molecule has 1 rings (SSSR count). The minimum Gasteiger partial charge on any atom is -0.324 e. The van der Waals surface area contributed by atoms with Gasteiger partial charge in [-0.2, -0.15) is 5.26 Å². The van der Waals surface area contributed by atoms with E-state index >= 15 is 0 Å². The Bertz CT molecular complexity index is 325. The molecule has 0 fully saturated rings. The van der Waals surface area contributed by atoms with Gasteiger partial charge in [0.05, 0.1) is 5.56 Å². The Labute approximate surface area is 78.2 Å². The highest BCUT2D eigenvalue weighted by Crippen LogP contribution is 2.18. The maximum atomic E-state index is 8.65. The lowest BCUT2D eigenvalue weighted by Crippen LogP contribution is -2.16. The molecule has 0 saturated heterocycles. The molecule has 1 heterocycles. The Morgan fingerprint density at radius 2 is 2.15 bits per heavy atom. The predicted molar refractivity (Wildman–Crippen MR) is 50.7 cm³/mol. The van der Waals surface area contributed by atoms with Gasteiger partial charge in [-0.1, -0.05) is 13.8 Å². The first-order chi connectivity index (χ1) is 6.15. The van der Waals surface area contributed by atoms with E-state index in [1.165, 1.54) is 6.20 Å². The van der Waals surface area contributed by atoms with Crippen LogP contribution < -0.4 is 5.73 Å². The molecule has 0 aliphatic heterocycles. The first-order valence-electron chi connectivity index (χ1n) is 4.25. The summed E-state index contributed by atoms with van der Waals surface area (Å²) in [7, 11) is 0. The Morgan fingerprint density at radius 3 is 2.69 bits per heavy atom. The molecule has 0 amide bonds. The van der Waals surface area contributed by atoms with E-state index < -0.39 is 0 Å². The lowest BCUT2D eigenvalue weighted by atomic mass is 9.98. The molecule has 68 valence electrons. The average molecular weight is 175 g/mol. The van der Waals surface area contributed by atoms with Crippen LogP contribution in [0.3, 0.4) is 0 Å². The molecule has 1 unspecified atom stereocenters. The summed E-state index contributed by atoms with van der Waals surface area (Å²) in [5.41, 5.74) is 7.40. The van der Waals surface area contributed by atoms with Gasteiger partial charge in [0.15, 0.2) is 0 Å². The average Bonchev–Trinajstić information content (AvgIpc) is 2.16. The number of nitriles is 1. The SMILES string of the molecule is CC(C)C(N)c1cncc(C#N)c1. The van der Waals surface area contributed by atoms with Gasteiger partial charge in [-0.15, -0.1) is 0 Å². The third-order valence-corrected chi connectivity index (χ3v) is 1.99. The fourth-order valence-electron chi connectivity index (χ4n) is 1.09. The highest BCUT2D eigenvalue weighted by atomic mass is 14.7. The molecule has 3 heteroatoms. The minimum atomic E-state index is -0.0409. The monoisotopic (exact) mass is 175 g/mol. The highest BCUT2D eigenvalue weighted by molar-refractivity contribution is 5.30. The summed E-state index contributed by atoms with van der Waals surface area (Å²) in [6, 6.07) is 3.79. The van der Waals surface area contributed by atoms with Crippen LogP contribution in [0.5, 0.6) is 0 Å². The van der Waals surface area contributed by atoms with Gasteiger partial charge in [0.1, 0.15) is 6.07 Å². The molecule has 1 aromatic heterocycles. The topological polar surface area (TPSA) is 62.7 Å². The van der Waals surface area contributed by atoms with Crippen molar-refractivity contribution in [3.05, 3.63) is 29.6 Å².